The number of methoxy groups -OCH3 is 1. The van der Waals surface area contributed by atoms with E-state index in [4.69, 9.17) is 15.6 Å². The van der Waals surface area contributed by atoms with Gasteiger partial charge in [-0.15, -0.1) is 0 Å². The molecular weight excluding hydrogens is 799 g/mol. The number of hydrogen-bond acceptors (Lipinski definition) is 11. The van der Waals surface area contributed by atoms with Gasteiger partial charge in [-0.3, -0.25) is 34.5 Å². The summed E-state index contributed by atoms with van der Waals surface area (Å²) in [6, 6.07) is 21.7. The number of nitrogens with two attached hydrogens (primary N) is 1. The van der Waals surface area contributed by atoms with Crippen LogP contribution in [0.3, 0.4) is 0 Å². The van der Waals surface area contributed by atoms with Gasteiger partial charge in [-0.2, -0.15) is 5.10 Å². The molecule has 0 bridgehead atoms. The molecule has 16 heteroatoms. The quantitative estimate of drug-likeness (QED) is 0.139. The van der Waals surface area contributed by atoms with Crippen LogP contribution in [0.4, 0.5) is 33.4 Å². The molecule has 0 atom stereocenters. The molecule has 3 saturated heterocycles. The van der Waals surface area contributed by atoms with E-state index in [1.807, 2.05) is 41.9 Å². The van der Waals surface area contributed by atoms with Gasteiger partial charge >= 0.3 is 6.03 Å². The van der Waals surface area contributed by atoms with Crippen molar-refractivity contribution in [2.45, 2.75) is 45.7 Å². The summed E-state index contributed by atoms with van der Waals surface area (Å²) >= 11 is 0. The molecule has 3 fully saturated rings. The Labute approximate surface area is 366 Å². The van der Waals surface area contributed by atoms with Crippen molar-refractivity contribution < 1.29 is 23.9 Å². The average Bonchev–Trinajstić information content (AvgIpc) is 3.57. The van der Waals surface area contributed by atoms with E-state index in [0.29, 0.717) is 60.4 Å². The van der Waals surface area contributed by atoms with E-state index < -0.39 is 5.91 Å². The number of rotatable bonds is 11. The smallest absolute Gasteiger partial charge is 0.328 e. The molecule has 9 rings (SSSR count). The highest BCUT2D eigenvalue weighted by atomic mass is 16.5. The van der Waals surface area contributed by atoms with Gasteiger partial charge in [0.2, 0.25) is 5.91 Å². The zero-order valence-electron chi connectivity index (χ0n) is 35.7. The van der Waals surface area contributed by atoms with Crippen LogP contribution in [0, 0.1) is 12.8 Å². The molecule has 326 valence electrons. The van der Waals surface area contributed by atoms with E-state index in [9.17, 15) is 19.2 Å². The standard InChI is InChI=1S/C47H53N11O5/c1-30-25-33(3-4-34(30)27-50-46(61)38-28-49-16-11-40(38)63-2)43-42(44(48)60)45-51-39-10-9-37(26-32(39)14-20-58(45)53-43)56-23-21-54(22-24-56)29-31-12-17-55(18-13-31)35-5-7-36(8-6-35)57-19-15-41(59)52-47(57)62/h3-11,16,25-26,28,31,51H,12-15,17-24,27,29H2,1-2H3,(H2,48,60)(H,50,61)(H,52,59,62). The second-order valence-corrected chi connectivity index (χ2v) is 16.8. The molecule has 4 aliphatic heterocycles. The Bertz CT molecular complexity index is 2540. The van der Waals surface area contributed by atoms with Gasteiger partial charge in [-0.25, -0.2) is 9.48 Å². The van der Waals surface area contributed by atoms with Crippen molar-refractivity contribution in [1.29, 1.82) is 0 Å². The van der Waals surface area contributed by atoms with Crippen LogP contribution in [-0.4, -0.2) is 103 Å². The number of amides is 5. The average molecular weight is 852 g/mol. The summed E-state index contributed by atoms with van der Waals surface area (Å²) in [5.41, 5.74) is 15.2. The normalized spacial score (nSPS) is 17.0. The Kier molecular flexibility index (Phi) is 11.7. The number of anilines is 5. The zero-order chi connectivity index (χ0) is 43.6. The number of fused-ring (bicyclic) bond motifs is 2. The van der Waals surface area contributed by atoms with Crippen LogP contribution in [0.1, 0.15) is 56.7 Å². The summed E-state index contributed by atoms with van der Waals surface area (Å²) in [5, 5.41) is 13.8. The van der Waals surface area contributed by atoms with Crippen LogP contribution < -0.4 is 41.1 Å². The van der Waals surface area contributed by atoms with Gasteiger partial charge < -0.3 is 30.9 Å². The highest BCUT2D eigenvalue weighted by Crippen LogP contribution is 2.37. The van der Waals surface area contributed by atoms with Crippen molar-refractivity contribution in [3.8, 4) is 17.0 Å². The molecule has 2 aromatic heterocycles. The Morgan fingerprint density at radius 1 is 0.841 bits per heavy atom. The lowest BCUT2D eigenvalue weighted by Gasteiger charge is -2.40. The van der Waals surface area contributed by atoms with Gasteiger partial charge in [0.25, 0.3) is 11.8 Å². The van der Waals surface area contributed by atoms with Gasteiger partial charge in [-0.05, 0) is 103 Å². The number of piperidine rings is 1. The van der Waals surface area contributed by atoms with E-state index in [2.05, 4.69) is 66.0 Å². The molecule has 3 aromatic carbocycles. The number of pyridine rings is 1. The number of ether oxygens (including phenoxy) is 1. The molecule has 5 amide bonds. The third kappa shape index (κ3) is 8.76. The molecule has 16 nitrogen and oxygen atoms in total. The van der Waals surface area contributed by atoms with Crippen molar-refractivity contribution >= 4 is 52.3 Å². The highest BCUT2D eigenvalue weighted by Gasteiger charge is 2.29. The maximum Gasteiger partial charge on any atom is 0.328 e. The van der Waals surface area contributed by atoms with Gasteiger partial charge in [0.15, 0.2) is 0 Å². The minimum atomic E-state index is -0.557. The molecule has 0 radical (unpaired) electrons. The summed E-state index contributed by atoms with van der Waals surface area (Å²) in [7, 11) is 1.52. The van der Waals surface area contributed by atoms with Crippen LogP contribution in [0.5, 0.6) is 5.75 Å². The van der Waals surface area contributed by atoms with Crippen LogP contribution in [0.2, 0.25) is 0 Å². The number of benzene rings is 3. The Morgan fingerprint density at radius 2 is 1.59 bits per heavy atom. The first-order chi connectivity index (χ1) is 30.6. The largest absolute Gasteiger partial charge is 0.496 e. The predicted molar refractivity (Wildman–Crippen MR) is 242 cm³/mol. The summed E-state index contributed by atoms with van der Waals surface area (Å²) in [4.78, 5) is 62.9. The molecule has 0 unspecified atom stereocenters. The lowest BCUT2D eigenvalue weighted by Crippen LogP contribution is -2.49. The molecule has 5 aromatic rings. The van der Waals surface area contributed by atoms with Crippen LogP contribution in [0.15, 0.2) is 79.1 Å². The van der Waals surface area contributed by atoms with Crippen LogP contribution >= 0.6 is 0 Å². The van der Waals surface area contributed by atoms with Crippen LogP contribution in [0.25, 0.3) is 11.3 Å². The Morgan fingerprint density at radius 3 is 2.32 bits per heavy atom. The SMILES string of the molecule is COc1ccncc1C(=O)NCc1ccc(-c2nn3c(c2C(N)=O)Nc2ccc(N4CCN(CC5CCN(c6ccc(N7CCC(=O)NC7=O)cc6)CC5)CC4)cc2CC3)cc1C. The molecule has 6 heterocycles. The topological polar surface area (TPSA) is 183 Å². The van der Waals surface area contributed by atoms with Gasteiger partial charge in [0.1, 0.15) is 22.8 Å². The van der Waals surface area contributed by atoms with E-state index in [1.54, 1.807) is 17.2 Å². The van der Waals surface area contributed by atoms with E-state index in [0.717, 1.165) is 93.1 Å². The third-order valence-corrected chi connectivity index (χ3v) is 12.9. The molecule has 0 aliphatic carbocycles. The van der Waals surface area contributed by atoms with Crippen LogP contribution in [-0.2, 0) is 24.3 Å². The lowest BCUT2D eigenvalue weighted by atomic mass is 9.95. The number of nitrogens with one attached hydrogen (secondary N) is 3. The lowest BCUT2D eigenvalue weighted by molar-refractivity contribution is -0.120. The molecule has 0 spiro atoms. The fourth-order valence-corrected chi connectivity index (χ4v) is 9.27. The highest BCUT2D eigenvalue weighted by molar-refractivity contribution is 6.06. The monoisotopic (exact) mass is 851 g/mol. The number of urea groups is 1. The molecule has 5 N–H and O–H groups in total. The van der Waals surface area contributed by atoms with Crippen molar-refractivity contribution in [3.05, 3.63) is 107 Å². The first-order valence-electron chi connectivity index (χ1n) is 21.7. The fraction of sp³-hybridized carbons (Fsp3) is 0.362. The Balaban J connectivity index is 0.781. The first kappa shape index (κ1) is 41.4. The zero-order valence-corrected chi connectivity index (χ0v) is 35.7. The van der Waals surface area contributed by atoms with Crippen molar-refractivity contribution in [2.24, 2.45) is 11.7 Å². The fourth-order valence-electron chi connectivity index (χ4n) is 9.27. The number of nitrogens with zero attached hydrogens (tertiary/aromatic N) is 7. The van der Waals surface area contributed by atoms with Gasteiger partial charge in [-0.1, -0.05) is 12.1 Å². The minimum absolute atomic E-state index is 0.225. The number of piperazine rings is 1. The van der Waals surface area contributed by atoms with Crippen molar-refractivity contribution in [3.63, 3.8) is 0 Å². The van der Waals surface area contributed by atoms with Crippen molar-refractivity contribution in [2.75, 3.05) is 79.5 Å². The Hall–Kier alpha value is -6.94. The molecule has 0 saturated carbocycles. The maximum atomic E-state index is 13.1. The van der Waals surface area contributed by atoms with Crippen molar-refractivity contribution in [1.82, 2.24) is 30.3 Å². The second-order valence-electron chi connectivity index (χ2n) is 16.8. The number of imide groups is 1. The number of aryl methyl sites for hydroxylation is 3. The maximum absolute atomic E-state index is 13.1. The summed E-state index contributed by atoms with van der Waals surface area (Å²) in [6.07, 6.45) is 6.40. The number of aromatic nitrogens is 3. The van der Waals surface area contributed by atoms with E-state index >= 15 is 0 Å². The molecule has 4 aliphatic rings. The second kappa shape index (κ2) is 17.8. The summed E-state index contributed by atoms with van der Waals surface area (Å²) < 4.78 is 7.16. The minimum Gasteiger partial charge on any atom is -0.496 e. The third-order valence-electron chi connectivity index (χ3n) is 12.9. The molecular formula is C47H53N11O5. The summed E-state index contributed by atoms with van der Waals surface area (Å²) in [5.74, 6) is 0.630. The first-order valence-corrected chi connectivity index (χ1v) is 21.7. The predicted octanol–water partition coefficient (Wildman–Crippen LogP) is 5.08. The number of carbonyl (C=O) groups is 4. The van der Waals surface area contributed by atoms with Gasteiger partial charge in [0.05, 0.1) is 12.7 Å². The number of carbonyl (C=O) groups excluding carboxylic acids is 4. The van der Waals surface area contributed by atoms with E-state index in [-0.39, 0.29) is 17.8 Å². The number of hydrogen-bond donors (Lipinski definition) is 4. The molecule has 63 heavy (non-hydrogen) atoms. The summed E-state index contributed by atoms with van der Waals surface area (Å²) in [6.45, 7) is 10.3. The van der Waals surface area contributed by atoms with Gasteiger partial charge in [0, 0.05) is 113 Å². The van der Waals surface area contributed by atoms with E-state index in [1.165, 1.54) is 30.2 Å². The number of primary amides is 1.